The molecular formula is C21H27ClN4O2. The Morgan fingerprint density at radius 1 is 1.11 bits per heavy atom. The maximum absolute atomic E-state index is 12.8. The van der Waals surface area contributed by atoms with E-state index >= 15 is 0 Å². The molecule has 1 aromatic carbocycles. The van der Waals surface area contributed by atoms with Gasteiger partial charge in [-0.05, 0) is 70.7 Å². The van der Waals surface area contributed by atoms with Crippen LogP contribution in [-0.2, 0) is 17.6 Å². The lowest BCUT2D eigenvalue weighted by molar-refractivity contribution is -0.121. The van der Waals surface area contributed by atoms with E-state index < -0.39 is 0 Å². The summed E-state index contributed by atoms with van der Waals surface area (Å²) < 4.78 is 1.85. The number of carbonyl (C=O) groups excluding carboxylic acids is 2. The van der Waals surface area contributed by atoms with Crippen LogP contribution in [0, 0.1) is 0 Å². The molecule has 0 saturated heterocycles. The molecule has 0 saturated carbocycles. The third-order valence-electron chi connectivity index (χ3n) is 4.64. The molecule has 0 unspecified atom stereocenters. The number of hydrogen-bond acceptors (Lipinski definition) is 3. The van der Waals surface area contributed by atoms with Crippen molar-refractivity contribution in [3.8, 4) is 5.69 Å². The lowest BCUT2D eigenvalue weighted by atomic mass is 10.1. The average molecular weight is 403 g/mol. The van der Waals surface area contributed by atoms with Gasteiger partial charge in [0.05, 0.1) is 12.2 Å². The van der Waals surface area contributed by atoms with Gasteiger partial charge < -0.3 is 10.6 Å². The van der Waals surface area contributed by atoms with Crippen molar-refractivity contribution in [2.75, 3.05) is 6.54 Å². The predicted molar refractivity (Wildman–Crippen MR) is 110 cm³/mol. The normalized spacial score (nSPS) is 14.1. The lowest BCUT2D eigenvalue weighted by Gasteiger charge is -2.20. The van der Waals surface area contributed by atoms with Gasteiger partial charge in [0.15, 0.2) is 5.69 Å². The summed E-state index contributed by atoms with van der Waals surface area (Å²) in [6, 6.07) is 7.44. The van der Waals surface area contributed by atoms with Crippen LogP contribution >= 0.6 is 11.6 Å². The van der Waals surface area contributed by atoms with Gasteiger partial charge >= 0.3 is 0 Å². The molecule has 28 heavy (non-hydrogen) atoms. The number of rotatable bonds is 4. The van der Waals surface area contributed by atoms with Crippen LogP contribution in [0.25, 0.3) is 5.69 Å². The van der Waals surface area contributed by atoms with Crippen molar-refractivity contribution >= 4 is 23.4 Å². The van der Waals surface area contributed by atoms with Gasteiger partial charge in [-0.1, -0.05) is 18.0 Å². The number of nitrogens with one attached hydrogen (secondary N) is 2. The smallest absolute Gasteiger partial charge is 0.272 e. The van der Waals surface area contributed by atoms with Crippen molar-refractivity contribution in [1.29, 1.82) is 0 Å². The number of benzene rings is 1. The van der Waals surface area contributed by atoms with Crippen molar-refractivity contribution in [1.82, 2.24) is 20.4 Å². The van der Waals surface area contributed by atoms with E-state index in [1.54, 1.807) is 0 Å². The minimum absolute atomic E-state index is 0.0708. The quantitative estimate of drug-likeness (QED) is 0.769. The van der Waals surface area contributed by atoms with Crippen LogP contribution in [0.4, 0.5) is 0 Å². The van der Waals surface area contributed by atoms with E-state index in [9.17, 15) is 9.59 Å². The standard InChI is InChI=1S/C21H27ClN4O2/c1-21(2,3)24-18(27)13-23-20(28)19-16-7-5-4-6-8-17(16)26(25-19)15-11-9-14(22)10-12-15/h9-12H,4-8,13H2,1-3H3,(H,23,28)(H,24,27). The molecule has 2 N–H and O–H groups in total. The summed E-state index contributed by atoms with van der Waals surface area (Å²) in [4.78, 5) is 24.8. The molecular weight excluding hydrogens is 376 g/mol. The van der Waals surface area contributed by atoms with E-state index in [0.717, 1.165) is 49.0 Å². The zero-order valence-corrected chi connectivity index (χ0v) is 17.4. The lowest BCUT2D eigenvalue weighted by Crippen LogP contribution is -2.46. The summed E-state index contributed by atoms with van der Waals surface area (Å²) in [6.45, 7) is 5.64. The summed E-state index contributed by atoms with van der Waals surface area (Å²) in [6.07, 6.45) is 4.93. The molecule has 2 amide bonds. The van der Waals surface area contributed by atoms with Crippen LogP contribution in [0.1, 0.15) is 61.8 Å². The highest BCUT2D eigenvalue weighted by Crippen LogP contribution is 2.27. The second-order valence-electron chi connectivity index (χ2n) is 8.20. The fourth-order valence-electron chi connectivity index (χ4n) is 3.46. The van der Waals surface area contributed by atoms with E-state index in [0.29, 0.717) is 10.7 Å². The monoisotopic (exact) mass is 402 g/mol. The molecule has 6 nitrogen and oxygen atoms in total. The van der Waals surface area contributed by atoms with Gasteiger partial charge in [0, 0.05) is 21.8 Å². The maximum Gasteiger partial charge on any atom is 0.272 e. The predicted octanol–water partition coefficient (Wildman–Crippen LogP) is 3.44. The molecule has 1 aromatic heterocycles. The summed E-state index contributed by atoms with van der Waals surface area (Å²) in [5, 5.41) is 10.8. The molecule has 7 heteroatoms. The van der Waals surface area contributed by atoms with Gasteiger partial charge in [0.1, 0.15) is 0 Å². The van der Waals surface area contributed by atoms with Gasteiger partial charge in [-0.2, -0.15) is 5.10 Å². The van der Waals surface area contributed by atoms with E-state index in [1.807, 2.05) is 49.7 Å². The minimum atomic E-state index is -0.338. The van der Waals surface area contributed by atoms with E-state index in [1.165, 1.54) is 0 Å². The Bertz CT molecular complexity index is 866. The third-order valence-corrected chi connectivity index (χ3v) is 4.89. The van der Waals surface area contributed by atoms with Crippen molar-refractivity contribution in [2.45, 2.75) is 58.4 Å². The Balaban J connectivity index is 1.85. The Labute approximate surface area is 170 Å². The molecule has 1 aliphatic carbocycles. The van der Waals surface area contributed by atoms with Crippen LogP contribution in [0.2, 0.25) is 5.02 Å². The topological polar surface area (TPSA) is 76.0 Å². The number of carbonyl (C=O) groups is 2. The molecule has 1 aliphatic rings. The highest BCUT2D eigenvalue weighted by atomic mass is 35.5. The molecule has 0 radical (unpaired) electrons. The zero-order valence-electron chi connectivity index (χ0n) is 16.6. The van der Waals surface area contributed by atoms with Gasteiger partial charge in [-0.15, -0.1) is 0 Å². The van der Waals surface area contributed by atoms with Gasteiger partial charge in [0.25, 0.3) is 5.91 Å². The first-order valence-electron chi connectivity index (χ1n) is 9.70. The van der Waals surface area contributed by atoms with Crippen molar-refractivity contribution in [3.05, 3.63) is 46.2 Å². The molecule has 0 spiro atoms. The van der Waals surface area contributed by atoms with Crippen LogP contribution in [0.5, 0.6) is 0 Å². The number of aromatic nitrogens is 2. The molecule has 3 rings (SSSR count). The van der Waals surface area contributed by atoms with E-state index in [-0.39, 0.29) is 23.9 Å². The number of nitrogens with zero attached hydrogens (tertiary/aromatic N) is 2. The van der Waals surface area contributed by atoms with Crippen molar-refractivity contribution < 1.29 is 9.59 Å². The largest absolute Gasteiger partial charge is 0.350 e. The van der Waals surface area contributed by atoms with E-state index in [4.69, 9.17) is 11.6 Å². The summed E-state index contributed by atoms with van der Waals surface area (Å²) in [5.41, 5.74) is 3.02. The number of amides is 2. The zero-order chi connectivity index (χ0) is 20.3. The average Bonchev–Trinajstić information content (AvgIpc) is 2.81. The number of fused-ring (bicyclic) bond motifs is 1. The van der Waals surface area contributed by atoms with Crippen LogP contribution in [-0.4, -0.2) is 33.7 Å². The summed E-state index contributed by atoms with van der Waals surface area (Å²) >= 11 is 6.01. The summed E-state index contributed by atoms with van der Waals surface area (Å²) in [5.74, 6) is -0.529. The number of hydrogen-bond donors (Lipinski definition) is 2. The van der Waals surface area contributed by atoms with Crippen molar-refractivity contribution in [3.63, 3.8) is 0 Å². The van der Waals surface area contributed by atoms with Crippen LogP contribution in [0.15, 0.2) is 24.3 Å². The second-order valence-corrected chi connectivity index (χ2v) is 8.64. The Morgan fingerprint density at radius 2 is 1.79 bits per heavy atom. The fourth-order valence-corrected chi connectivity index (χ4v) is 3.59. The second kappa shape index (κ2) is 8.35. The van der Waals surface area contributed by atoms with Crippen LogP contribution < -0.4 is 10.6 Å². The highest BCUT2D eigenvalue weighted by Gasteiger charge is 2.25. The Kier molecular flexibility index (Phi) is 6.08. The Hall–Kier alpha value is -2.34. The first kappa shape index (κ1) is 20.4. The highest BCUT2D eigenvalue weighted by molar-refractivity contribution is 6.30. The van der Waals surface area contributed by atoms with E-state index in [2.05, 4.69) is 15.7 Å². The molecule has 0 aliphatic heterocycles. The molecule has 0 fully saturated rings. The minimum Gasteiger partial charge on any atom is -0.350 e. The maximum atomic E-state index is 12.8. The van der Waals surface area contributed by atoms with Crippen molar-refractivity contribution in [2.24, 2.45) is 0 Å². The number of halogens is 1. The van der Waals surface area contributed by atoms with Gasteiger partial charge in [-0.3, -0.25) is 9.59 Å². The SMILES string of the molecule is CC(C)(C)NC(=O)CNC(=O)c1nn(-c2ccc(Cl)cc2)c2c1CCCCC2. The molecule has 150 valence electrons. The fraction of sp³-hybridized carbons (Fsp3) is 0.476. The molecule has 0 bridgehead atoms. The van der Waals surface area contributed by atoms with Gasteiger partial charge in [-0.25, -0.2) is 4.68 Å². The molecule has 0 atom stereocenters. The Morgan fingerprint density at radius 3 is 2.46 bits per heavy atom. The first-order chi connectivity index (χ1) is 13.2. The summed E-state index contributed by atoms with van der Waals surface area (Å²) in [7, 11) is 0. The molecule has 1 heterocycles. The molecule has 2 aromatic rings. The first-order valence-corrected chi connectivity index (χ1v) is 10.1. The third kappa shape index (κ3) is 4.93. The van der Waals surface area contributed by atoms with Gasteiger partial charge in [0.2, 0.25) is 5.91 Å². The van der Waals surface area contributed by atoms with Crippen LogP contribution in [0.3, 0.4) is 0 Å².